The normalized spacial score (nSPS) is 11.2. The zero-order valence-corrected chi connectivity index (χ0v) is 13.2. The predicted molar refractivity (Wildman–Crippen MR) is 75.6 cm³/mol. The van der Waals surface area contributed by atoms with Crippen LogP contribution in [0.3, 0.4) is 0 Å². The topological polar surface area (TPSA) is 44.2 Å². The molecule has 0 saturated carbocycles. The minimum absolute atomic E-state index is 0.0989. The molecule has 1 aromatic carbocycles. The van der Waals surface area contributed by atoms with Crippen LogP contribution < -0.4 is 9.47 Å². The molecule has 2 aromatic rings. The Morgan fingerprint density at radius 2 is 1.80 bits per heavy atom. The second-order valence-electron chi connectivity index (χ2n) is 3.43. The Labute approximate surface area is 133 Å². The Morgan fingerprint density at radius 1 is 1.15 bits per heavy atom. The number of rotatable bonds is 3. The van der Waals surface area contributed by atoms with Crippen molar-refractivity contribution in [1.29, 1.82) is 0 Å². The van der Waals surface area contributed by atoms with Crippen molar-refractivity contribution in [1.82, 2.24) is 9.97 Å². The standard InChI is InChI=1S/C11H5BrF3IN2O2/c12-8-3-7(1-2-9(8)20-11(13,14)15)19-10-17-4-6(16)5-18-10/h1-5H. The molecule has 106 valence electrons. The Hall–Kier alpha value is -1.10. The molecule has 0 unspecified atom stereocenters. The summed E-state index contributed by atoms with van der Waals surface area (Å²) in [6.07, 6.45) is -1.64. The summed E-state index contributed by atoms with van der Waals surface area (Å²) in [5.41, 5.74) is 0. The van der Waals surface area contributed by atoms with Gasteiger partial charge in [0.25, 0.3) is 0 Å². The lowest BCUT2D eigenvalue weighted by atomic mass is 10.3. The van der Waals surface area contributed by atoms with E-state index in [1.54, 1.807) is 12.4 Å². The molecule has 0 atom stereocenters. The molecule has 1 aromatic heterocycles. The number of ether oxygens (including phenoxy) is 2. The molecular weight excluding hydrogens is 456 g/mol. The molecule has 2 rings (SSSR count). The number of halogens is 5. The van der Waals surface area contributed by atoms with Crippen molar-refractivity contribution in [2.75, 3.05) is 0 Å². The summed E-state index contributed by atoms with van der Waals surface area (Å²) in [5.74, 6) is -0.0685. The van der Waals surface area contributed by atoms with Crippen LogP contribution in [0.15, 0.2) is 35.1 Å². The largest absolute Gasteiger partial charge is 0.573 e. The van der Waals surface area contributed by atoms with E-state index in [-0.39, 0.29) is 22.0 Å². The third-order valence-corrected chi connectivity index (χ3v) is 3.11. The molecule has 0 fully saturated rings. The molecule has 4 nitrogen and oxygen atoms in total. The van der Waals surface area contributed by atoms with E-state index in [1.807, 2.05) is 22.6 Å². The predicted octanol–water partition coefficient (Wildman–Crippen LogP) is 4.53. The van der Waals surface area contributed by atoms with Gasteiger partial charge < -0.3 is 9.47 Å². The Bertz CT molecular complexity index is 608. The van der Waals surface area contributed by atoms with Gasteiger partial charge in [0.2, 0.25) is 0 Å². The Balaban J connectivity index is 2.14. The molecule has 0 aliphatic rings. The van der Waals surface area contributed by atoms with Crippen molar-refractivity contribution < 1.29 is 22.6 Å². The molecule has 0 aliphatic heterocycles. The van der Waals surface area contributed by atoms with Crippen molar-refractivity contribution >= 4 is 38.5 Å². The van der Waals surface area contributed by atoms with Gasteiger partial charge in [-0.15, -0.1) is 13.2 Å². The second kappa shape index (κ2) is 6.12. The number of alkyl halides is 3. The summed E-state index contributed by atoms with van der Waals surface area (Å²) < 4.78 is 46.4. The van der Waals surface area contributed by atoms with E-state index < -0.39 is 6.36 Å². The first-order chi connectivity index (χ1) is 9.33. The maximum atomic E-state index is 12.1. The smallest absolute Gasteiger partial charge is 0.424 e. The van der Waals surface area contributed by atoms with Crippen molar-refractivity contribution in [2.45, 2.75) is 6.36 Å². The molecule has 1 heterocycles. The van der Waals surface area contributed by atoms with Gasteiger partial charge in [-0.2, -0.15) is 0 Å². The van der Waals surface area contributed by atoms with Crippen LogP contribution in [0.2, 0.25) is 0 Å². The fraction of sp³-hybridized carbons (Fsp3) is 0.0909. The highest BCUT2D eigenvalue weighted by atomic mass is 127. The zero-order valence-electron chi connectivity index (χ0n) is 9.49. The summed E-state index contributed by atoms with van der Waals surface area (Å²) in [6, 6.07) is 3.90. The van der Waals surface area contributed by atoms with Crippen LogP contribution in [0.4, 0.5) is 13.2 Å². The summed E-state index contributed by atoms with van der Waals surface area (Å²) in [5, 5.41) is 0. The van der Waals surface area contributed by atoms with Crippen molar-refractivity contribution in [3.05, 3.63) is 38.6 Å². The van der Waals surface area contributed by atoms with Crippen LogP contribution in [0, 0.1) is 3.57 Å². The number of hydrogen-bond acceptors (Lipinski definition) is 4. The van der Waals surface area contributed by atoms with Gasteiger partial charge in [-0.05, 0) is 56.7 Å². The average molecular weight is 461 g/mol. The lowest BCUT2D eigenvalue weighted by Crippen LogP contribution is -2.17. The third kappa shape index (κ3) is 4.47. The number of nitrogens with zero attached hydrogens (tertiary/aromatic N) is 2. The summed E-state index contributed by atoms with van der Waals surface area (Å²) >= 11 is 5.02. The zero-order chi connectivity index (χ0) is 14.8. The van der Waals surface area contributed by atoms with E-state index in [2.05, 4.69) is 30.6 Å². The highest BCUT2D eigenvalue weighted by molar-refractivity contribution is 14.1. The van der Waals surface area contributed by atoms with Gasteiger partial charge in [-0.3, -0.25) is 0 Å². The first-order valence-electron chi connectivity index (χ1n) is 5.04. The molecule has 0 spiro atoms. The third-order valence-electron chi connectivity index (χ3n) is 1.93. The number of hydrogen-bond donors (Lipinski definition) is 0. The lowest BCUT2D eigenvalue weighted by Gasteiger charge is -2.11. The fourth-order valence-corrected chi connectivity index (χ4v) is 1.93. The molecule has 9 heteroatoms. The Morgan fingerprint density at radius 3 is 2.35 bits per heavy atom. The van der Waals surface area contributed by atoms with Gasteiger partial charge in [0, 0.05) is 16.0 Å². The van der Waals surface area contributed by atoms with Crippen molar-refractivity contribution in [3.63, 3.8) is 0 Å². The van der Waals surface area contributed by atoms with Gasteiger partial charge in [-0.1, -0.05) is 0 Å². The molecule has 0 bridgehead atoms. The second-order valence-corrected chi connectivity index (χ2v) is 5.53. The monoisotopic (exact) mass is 460 g/mol. The van der Waals surface area contributed by atoms with Crippen LogP contribution >= 0.6 is 38.5 Å². The SMILES string of the molecule is FC(F)(F)Oc1ccc(Oc2ncc(I)cn2)cc1Br. The van der Waals surface area contributed by atoms with Gasteiger partial charge >= 0.3 is 12.4 Å². The molecule has 20 heavy (non-hydrogen) atoms. The maximum Gasteiger partial charge on any atom is 0.573 e. The van der Waals surface area contributed by atoms with Crippen molar-refractivity contribution in [3.8, 4) is 17.5 Å². The van der Waals surface area contributed by atoms with Gasteiger partial charge in [0.05, 0.1) is 4.47 Å². The van der Waals surface area contributed by atoms with Gasteiger partial charge in [0.1, 0.15) is 11.5 Å². The van der Waals surface area contributed by atoms with E-state index >= 15 is 0 Å². The molecular formula is C11H5BrF3IN2O2. The minimum Gasteiger partial charge on any atom is -0.424 e. The average Bonchev–Trinajstić information content (AvgIpc) is 2.34. The first-order valence-corrected chi connectivity index (χ1v) is 6.91. The van der Waals surface area contributed by atoms with E-state index in [0.29, 0.717) is 0 Å². The van der Waals surface area contributed by atoms with Crippen LogP contribution in [0.25, 0.3) is 0 Å². The quantitative estimate of drug-likeness (QED) is 0.631. The number of aromatic nitrogens is 2. The van der Waals surface area contributed by atoms with E-state index in [0.717, 1.165) is 9.64 Å². The highest BCUT2D eigenvalue weighted by Crippen LogP contribution is 2.34. The molecule has 0 radical (unpaired) electrons. The number of benzene rings is 1. The van der Waals surface area contributed by atoms with Crippen molar-refractivity contribution in [2.24, 2.45) is 0 Å². The summed E-state index contributed by atoms with van der Waals surface area (Å²) in [7, 11) is 0. The lowest BCUT2D eigenvalue weighted by molar-refractivity contribution is -0.274. The van der Waals surface area contributed by atoms with E-state index in [1.165, 1.54) is 12.1 Å². The van der Waals surface area contributed by atoms with Gasteiger partial charge in [-0.25, -0.2) is 9.97 Å². The molecule has 0 aliphatic carbocycles. The molecule has 0 amide bonds. The highest BCUT2D eigenvalue weighted by Gasteiger charge is 2.32. The van der Waals surface area contributed by atoms with Crippen LogP contribution in [-0.2, 0) is 0 Å². The maximum absolute atomic E-state index is 12.1. The summed E-state index contributed by atoms with van der Waals surface area (Å²) in [6.45, 7) is 0. The summed E-state index contributed by atoms with van der Waals surface area (Å²) in [4.78, 5) is 7.84. The Kier molecular flexibility index (Phi) is 4.68. The van der Waals surface area contributed by atoms with Gasteiger partial charge in [0.15, 0.2) is 0 Å². The van der Waals surface area contributed by atoms with E-state index in [9.17, 15) is 13.2 Å². The molecule has 0 saturated heterocycles. The van der Waals surface area contributed by atoms with Crippen LogP contribution in [0.5, 0.6) is 17.5 Å². The van der Waals surface area contributed by atoms with Crippen LogP contribution in [-0.4, -0.2) is 16.3 Å². The molecule has 0 N–H and O–H groups in total. The van der Waals surface area contributed by atoms with Crippen LogP contribution in [0.1, 0.15) is 0 Å². The fourth-order valence-electron chi connectivity index (χ4n) is 1.21. The minimum atomic E-state index is -4.75. The van der Waals surface area contributed by atoms with E-state index in [4.69, 9.17) is 4.74 Å². The first kappa shape index (κ1) is 15.3.